The van der Waals surface area contributed by atoms with E-state index in [9.17, 15) is 13.2 Å². The maximum Gasteiger partial charge on any atom is 0.261 e. The number of sulfonamides is 1. The minimum atomic E-state index is -3.80. The smallest absolute Gasteiger partial charge is 0.261 e. The molecule has 0 bridgehead atoms. The Morgan fingerprint density at radius 3 is 2.81 bits per heavy atom. The van der Waals surface area contributed by atoms with E-state index in [0.717, 1.165) is 0 Å². The Hall–Kier alpha value is -3.20. The molecule has 0 spiro atoms. The standard InChI is InChI=1S/C17H14N4O4S/c1-10-18-17(25-20-10)11-3-2-4-13(7-11)21-26(23,24)14-5-6-15-12(8-14)9-16(22)19-15/h2-8,21H,9H2,1H3,(H,19,22). The molecule has 1 aliphatic rings. The van der Waals surface area contributed by atoms with Crippen molar-refractivity contribution in [1.82, 2.24) is 10.1 Å². The number of carbonyl (C=O) groups is 1. The molecule has 0 atom stereocenters. The van der Waals surface area contributed by atoms with E-state index >= 15 is 0 Å². The van der Waals surface area contributed by atoms with Gasteiger partial charge in [0.15, 0.2) is 5.82 Å². The van der Waals surface area contributed by atoms with Crippen LogP contribution in [0.4, 0.5) is 11.4 Å². The summed E-state index contributed by atoms with van der Waals surface area (Å²) in [5.74, 6) is 0.656. The van der Waals surface area contributed by atoms with Crippen LogP contribution in [0.25, 0.3) is 11.5 Å². The predicted octanol–water partition coefficient (Wildman–Crippen LogP) is 2.34. The highest BCUT2D eigenvalue weighted by Crippen LogP contribution is 2.27. The normalized spacial score (nSPS) is 13.3. The van der Waals surface area contributed by atoms with E-state index < -0.39 is 10.0 Å². The van der Waals surface area contributed by atoms with Crippen molar-refractivity contribution < 1.29 is 17.7 Å². The molecule has 0 fully saturated rings. The van der Waals surface area contributed by atoms with Crippen molar-refractivity contribution in [1.29, 1.82) is 0 Å². The fraction of sp³-hybridized carbons (Fsp3) is 0.118. The highest BCUT2D eigenvalue weighted by Gasteiger charge is 2.22. The first-order valence-electron chi connectivity index (χ1n) is 7.77. The Balaban J connectivity index is 1.63. The summed E-state index contributed by atoms with van der Waals surface area (Å²) in [7, 11) is -3.80. The number of rotatable bonds is 4. The number of anilines is 2. The highest BCUT2D eigenvalue weighted by atomic mass is 32.2. The van der Waals surface area contributed by atoms with Crippen LogP contribution in [0.3, 0.4) is 0 Å². The Bertz CT molecular complexity index is 1120. The second-order valence-electron chi connectivity index (χ2n) is 5.88. The van der Waals surface area contributed by atoms with Crippen molar-refractivity contribution in [2.75, 3.05) is 10.0 Å². The van der Waals surface area contributed by atoms with Crippen molar-refractivity contribution in [3.8, 4) is 11.5 Å². The number of carbonyl (C=O) groups excluding carboxylic acids is 1. The molecule has 0 radical (unpaired) electrons. The van der Waals surface area contributed by atoms with Crippen molar-refractivity contribution in [2.24, 2.45) is 0 Å². The first-order chi connectivity index (χ1) is 12.4. The van der Waals surface area contributed by atoms with E-state index in [-0.39, 0.29) is 17.2 Å². The summed E-state index contributed by atoms with van der Waals surface area (Å²) in [6.07, 6.45) is 0.171. The van der Waals surface area contributed by atoms with Gasteiger partial charge in [0.2, 0.25) is 5.91 Å². The fourth-order valence-corrected chi connectivity index (χ4v) is 3.82. The van der Waals surface area contributed by atoms with Gasteiger partial charge in [0.05, 0.1) is 11.3 Å². The maximum atomic E-state index is 12.7. The van der Waals surface area contributed by atoms with E-state index in [0.29, 0.717) is 34.2 Å². The van der Waals surface area contributed by atoms with Gasteiger partial charge in [-0.2, -0.15) is 4.98 Å². The second kappa shape index (κ2) is 5.95. The van der Waals surface area contributed by atoms with Gasteiger partial charge in [0, 0.05) is 16.9 Å². The number of aryl methyl sites for hydroxylation is 1. The average molecular weight is 370 g/mol. The van der Waals surface area contributed by atoms with Crippen LogP contribution in [0.1, 0.15) is 11.4 Å². The van der Waals surface area contributed by atoms with Gasteiger partial charge in [0.25, 0.3) is 15.9 Å². The average Bonchev–Trinajstić information content (AvgIpc) is 3.18. The molecule has 0 unspecified atom stereocenters. The molecule has 132 valence electrons. The Kier molecular flexibility index (Phi) is 3.73. The van der Waals surface area contributed by atoms with E-state index in [1.807, 2.05) is 0 Å². The van der Waals surface area contributed by atoms with E-state index in [1.54, 1.807) is 37.3 Å². The van der Waals surface area contributed by atoms with Crippen LogP contribution < -0.4 is 10.0 Å². The second-order valence-corrected chi connectivity index (χ2v) is 7.56. The van der Waals surface area contributed by atoms with Gasteiger partial charge in [-0.3, -0.25) is 9.52 Å². The summed E-state index contributed by atoms with van der Waals surface area (Å²) in [6.45, 7) is 1.70. The number of benzene rings is 2. The monoisotopic (exact) mass is 370 g/mol. The number of fused-ring (bicyclic) bond motifs is 1. The largest absolute Gasteiger partial charge is 0.334 e. The van der Waals surface area contributed by atoms with Crippen LogP contribution in [0.2, 0.25) is 0 Å². The van der Waals surface area contributed by atoms with Gasteiger partial charge in [-0.05, 0) is 48.9 Å². The van der Waals surface area contributed by atoms with Crippen LogP contribution in [0.15, 0.2) is 51.9 Å². The van der Waals surface area contributed by atoms with Gasteiger partial charge in [-0.15, -0.1) is 0 Å². The number of hydrogen-bond donors (Lipinski definition) is 2. The van der Waals surface area contributed by atoms with E-state index in [4.69, 9.17) is 4.52 Å². The number of nitrogens with zero attached hydrogens (tertiary/aromatic N) is 2. The Morgan fingerprint density at radius 2 is 2.04 bits per heavy atom. The molecule has 2 N–H and O–H groups in total. The van der Waals surface area contributed by atoms with Crippen molar-refractivity contribution in [3.05, 3.63) is 53.9 Å². The van der Waals surface area contributed by atoms with Crippen LogP contribution in [0.5, 0.6) is 0 Å². The lowest BCUT2D eigenvalue weighted by Crippen LogP contribution is -2.13. The third-order valence-corrected chi connectivity index (χ3v) is 5.28. The molecule has 3 aromatic rings. The summed E-state index contributed by atoms with van der Waals surface area (Å²) >= 11 is 0. The van der Waals surface area contributed by atoms with Crippen LogP contribution in [0, 0.1) is 6.92 Å². The number of hydrogen-bond acceptors (Lipinski definition) is 6. The first-order valence-corrected chi connectivity index (χ1v) is 9.25. The minimum absolute atomic E-state index is 0.0896. The molecule has 9 heteroatoms. The number of nitrogens with one attached hydrogen (secondary N) is 2. The zero-order valence-electron chi connectivity index (χ0n) is 13.7. The molecule has 4 rings (SSSR count). The fourth-order valence-electron chi connectivity index (χ4n) is 2.72. The van der Waals surface area contributed by atoms with Gasteiger partial charge >= 0.3 is 0 Å². The molecule has 2 heterocycles. The van der Waals surface area contributed by atoms with Crippen molar-refractivity contribution in [2.45, 2.75) is 18.2 Å². The summed E-state index contributed by atoms with van der Waals surface area (Å²) in [5.41, 5.74) is 2.28. The lowest BCUT2D eigenvalue weighted by atomic mass is 10.2. The molecule has 1 aliphatic heterocycles. The van der Waals surface area contributed by atoms with Gasteiger partial charge in [0.1, 0.15) is 0 Å². The zero-order chi connectivity index (χ0) is 18.3. The summed E-state index contributed by atoms with van der Waals surface area (Å²) in [4.78, 5) is 15.6. The molecule has 1 aromatic heterocycles. The summed E-state index contributed by atoms with van der Waals surface area (Å²) < 4.78 is 33.0. The minimum Gasteiger partial charge on any atom is -0.334 e. The van der Waals surface area contributed by atoms with Gasteiger partial charge in [-0.1, -0.05) is 11.2 Å². The molecule has 0 saturated carbocycles. The quantitative estimate of drug-likeness (QED) is 0.728. The third-order valence-electron chi connectivity index (χ3n) is 3.90. The Labute approximate surface area is 149 Å². The van der Waals surface area contributed by atoms with E-state index in [1.165, 1.54) is 12.1 Å². The SMILES string of the molecule is Cc1noc(-c2cccc(NS(=O)(=O)c3ccc4c(c3)CC(=O)N4)c2)n1. The molecule has 8 nitrogen and oxygen atoms in total. The molecule has 1 amide bonds. The van der Waals surface area contributed by atoms with Crippen molar-refractivity contribution in [3.63, 3.8) is 0 Å². The van der Waals surface area contributed by atoms with Crippen LogP contribution in [-0.2, 0) is 21.2 Å². The lowest BCUT2D eigenvalue weighted by Gasteiger charge is -2.10. The molecular formula is C17H14N4O4S. The first kappa shape index (κ1) is 16.3. The summed E-state index contributed by atoms with van der Waals surface area (Å²) in [6, 6.07) is 11.2. The lowest BCUT2D eigenvalue weighted by molar-refractivity contribution is -0.115. The molecule has 0 aliphatic carbocycles. The highest BCUT2D eigenvalue weighted by molar-refractivity contribution is 7.92. The molecular weight excluding hydrogens is 356 g/mol. The topological polar surface area (TPSA) is 114 Å². The number of aromatic nitrogens is 2. The molecule has 0 saturated heterocycles. The van der Waals surface area contributed by atoms with E-state index in [2.05, 4.69) is 20.2 Å². The van der Waals surface area contributed by atoms with Crippen LogP contribution >= 0.6 is 0 Å². The zero-order valence-corrected chi connectivity index (χ0v) is 14.5. The van der Waals surface area contributed by atoms with Gasteiger partial charge in [-0.25, -0.2) is 8.42 Å². The number of amides is 1. The molecule has 26 heavy (non-hydrogen) atoms. The van der Waals surface area contributed by atoms with Gasteiger partial charge < -0.3 is 9.84 Å². The maximum absolute atomic E-state index is 12.7. The van der Waals surface area contributed by atoms with Crippen LogP contribution in [-0.4, -0.2) is 24.5 Å². The van der Waals surface area contributed by atoms with Crippen molar-refractivity contribution >= 4 is 27.3 Å². The third kappa shape index (κ3) is 3.04. The molecule has 2 aromatic carbocycles. The predicted molar refractivity (Wildman–Crippen MR) is 94.1 cm³/mol. The Morgan fingerprint density at radius 1 is 1.19 bits per heavy atom. The summed E-state index contributed by atoms with van der Waals surface area (Å²) in [5, 5.41) is 6.40.